The Hall–Kier alpha value is -2.05. The van der Waals surface area contributed by atoms with E-state index >= 15 is 0 Å². The number of aromatic nitrogens is 3. The van der Waals surface area contributed by atoms with Gasteiger partial charge in [0.15, 0.2) is 15.0 Å². The van der Waals surface area contributed by atoms with Crippen molar-refractivity contribution in [3.63, 3.8) is 0 Å². The largest absolute Gasteiger partial charge is 0.467 e. The van der Waals surface area contributed by atoms with Gasteiger partial charge in [0.2, 0.25) is 11.9 Å². The Bertz CT molecular complexity index is 986. The Labute approximate surface area is 185 Å². The Morgan fingerprint density at radius 2 is 2.13 bits per heavy atom. The fourth-order valence-corrected chi connectivity index (χ4v) is 6.50. The lowest BCUT2D eigenvalue weighted by Gasteiger charge is -2.28. The van der Waals surface area contributed by atoms with Crippen LogP contribution < -0.4 is 4.90 Å². The van der Waals surface area contributed by atoms with Crippen molar-refractivity contribution in [1.82, 2.24) is 19.7 Å². The van der Waals surface area contributed by atoms with Gasteiger partial charge in [-0.05, 0) is 25.5 Å². The fourth-order valence-electron chi connectivity index (χ4n) is 3.95. The summed E-state index contributed by atoms with van der Waals surface area (Å²) in [4.78, 5) is 16.7. The van der Waals surface area contributed by atoms with Gasteiger partial charge in [-0.2, -0.15) is 0 Å². The highest BCUT2D eigenvalue weighted by Gasteiger charge is 2.34. The van der Waals surface area contributed by atoms with Crippen molar-refractivity contribution in [3.8, 4) is 0 Å². The van der Waals surface area contributed by atoms with E-state index in [1.54, 1.807) is 11.2 Å². The fraction of sp³-hybridized carbons (Fsp3) is 0.632. The minimum absolute atomic E-state index is 0.0487. The SMILES string of the molecule is CCN(C(=O)CSc1nnc(N2CCOCC2)n1Cc1ccco1)C1CCS(=O)(=O)C1. The molecule has 1 atom stereocenters. The number of anilines is 1. The number of ether oxygens (including phenoxy) is 1. The molecule has 2 aliphatic heterocycles. The third-order valence-corrected chi connectivity index (χ3v) is 8.22. The summed E-state index contributed by atoms with van der Waals surface area (Å²) in [5.74, 6) is 1.78. The number of nitrogens with zero attached hydrogens (tertiary/aromatic N) is 5. The quantitative estimate of drug-likeness (QED) is 0.520. The van der Waals surface area contributed by atoms with E-state index in [1.807, 2.05) is 23.6 Å². The molecule has 2 aliphatic rings. The maximum atomic E-state index is 12.9. The molecule has 4 rings (SSSR count). The number of amides is 1. The van der Waals surface area contributed by atoms with E-state index in [2.05, 4.69) is 15.1 Å². The Balaban J connectivity index is 1.48. The first-order valence-electron chi connectivity index (χ1n) is 10.4. The number of carbonyl (C=O) groups is 1. The van der Waals surface area contributed by atoms with Gasteiger partial charge in [-0.3, -0.25) is 9.36 Å². The first-order chi connectivity index (χ1) is 15.0. The van der Waals surface area contributed by atoms with Crippen molar-refractivity contribution < 1.29 is 22.4 Å². The predicted octanol–water partition coefficient (Wildman–Crippen LogP) is 0.884. The van der Waals surface area contributed by atoms with Crippen molar-refractivity contribution in [2.75, 3.05) is 55.0 Å². The van der Waals surface area contributed by atoms with Gasteiger partial charge in [-0.25, -0.2) is 8.42 Å². The van der Waals surface area contributed by atoms with Crippen molar-refractivity contribution in [1.29, 1.82) is 0 Å². The summed E-state index contributed by atoms with van der Waals surface area (Å²) >= 11 is 1.31. The van der Waals surface area contributed by atoms with Crippen LogP contribution in [0.5, 0.6) is 0 Å². The lowest BCUT2D eigenvalue weighted by molar-refractivity contribution is -0.129. The monoisotopic (exact) mass is 469 g/mol. The summed E-state index contributed by atoms with van der Waals surface area (Å²) in [7, 11) is -3.05. The van der Waals surface area contributed by atoms with Gasteiger partial charge < -0.3 is 19.0 Å². The highest BCUT2D eigenvalue weighted by molar-refractivity contribution is 7.99. The van der Waals surface area contributed by atoms with Crippen LogP contribution in [0.4, 0.5) is 5.95 Å². The summed E-state index contributed by atoms with van der Waals surface area (Å²) in [6, 6.07) is 3.48. The molecule has 1 amide bonds. The van der Waals surface area contributed by atoms with Gasteiger partial charge in [-0.15, -0.1) is 10.2 Å². The molecule has 0 radical (unpaired) electrons. The molecule has 170 valence electrons. The highest BCUT2D eigenvalue weighted by Crippen LogP contribution is 2.26. The molecule has 31 heavy (non-hydrogen) atoms. The molecule has 2 aromatic heterocycles. The van der Waals surface area contributed by atoms with Gasteiger partial charge in [0.25, 0.3) is 0 Å². The Kier molecular flexibility index (Phi) is 6.87. The molecule has 2 aromatic rings. The van der Waals surface area contributed by atoms with Crippen LogP contribution >= 0.6 is 11.8 Å². The summed E-state index contributed by atoms with van der Waals surface area (Å²) in [5, 5.41) is 9.34. The number of rotatable bonds is 8. The molecular formula is C19H27N5O5S2. The first-order valence-corrected chi connectivity index (χ1v) is 13.2. The minimum atomic E-state index is -3.05. The second-order valence-electron chi connectivity index (χ2n) is 7.57. The van der Waals surface area contributed by atoms with Gasteiger partial charge in [0.1, 0.15) is 5.76 Å². The smallest absolute Gasteiger partial charge is 0.233 e. The molecular weight excluding hydrogens is 442 g/mol. The zero-order valence-electron chi connectivity index (χ0n) is 17.5. The number of thioether (sulfide) groups is 1. The number of furan rings is 1. The zero-order chi connectivity index (χ0) is 21.8. The maximum absolute atomic E-state index is 12.9. The molecule has 2 saturated heterocycles. The minimum Gasteiger partial charge on any atom is -0.467 e. The van der Waals surface area contributed by atoms with Crippen LogP contribution in [0.3, 0.4) is 0 Å². The molecule has 0 N–H and O–H groups in total. The van der Waals surface area contributed by atoms with Crippen LogP contribution in [0.15, 0.2) is 28.0 Å². The third-order valence-electron chi connectivity index (χ3n) is 5.52. The van der Waals surface area contributed by atoms with E-state index in [1.165, 1.54) is 11.8 Å². The highest BCUT2D eigenvalue weighted by atomic mass is 32.2. The lowest BCUT2D eigenvalue weighted by atomic mass is 10.2. The van der Waals surface area contributed by atoms with Crippen LogP contribution in [0.1, 0.15) is 19.1 Å². The number of carbonyl (C=O) groups excluding carboxylic acids is 1. The van der Waals surface area contributed by atoms with E-state index in [-0.39, 0.29) is 29.2 Å². The van der Waals surface area contributed by atoms with E-state index < -0.39 is 9.84 Å². The van der Waals surface area contributed by atoms with Crippen molar-refractivity contribution in [3.05, 3.63) is 24.2 Å². The van der Waals surface area contributed by atoms with E-state index in [9.17, 15) is 13.2 Å². The van der Waals surface area contributed by atoms with Crippen LogP contribution in [-0.4, -0.2) is 90.1 Å². The maximum Gasteiger partial charge on any atom is 0.233 e. The first kappa shape index (κ1) is 22.2. The van der Waals surface area contributed by atoms with E-state index in [0.717, 1.165) is 24.8 Å². The molecule has 1 unspecified atom stereocenters. The van der Waals surface area contributed by atoms with Crippen molar-refractivity contribution >= 4 is 33.5 Å². The molecule has 4 heterocycles. The van der Waals surface area contributed by atoms with Crippen LogP contribution in [-0.2, 0) is 25.9 Å². The summed E-state index contributed by atoms with van der Waals surface area (Å²) < 4.78 is 36.6. The van der Waals surface area contributed by atoms with Gasteiger partial charge in [0, 0.05) is 25.7 Å². The van der Waals surface area contributed by atoms with Crippen molar-refractivity contribution in [2.45, 2.75) is 31.1 Å². The van der Waals surface area contributed by atoms with E-state index in [0.29, 0.717) is 37.9 Å². The normalized spacial score (nSPS) is 20.8. The molecule has 0 aromatic carbocycles. The number of hydrogen-bond acceptors (Lipinski definition) is 9. The number of hydrogen-bond donors (Lipinski definition) is 0. The summed E-state index contributed by atoms with van der Waals surface area (Å²) in [6.07, 6.45) is 2.13. The molecule has 0 aliphatic carbocycles. The third kappa shape index (κ3) is 5.24. The molecule has 0 saturated carbocycles. The molecule has 0 spiro atoms. The van der Waals surface area contributed by atoms with E-state index in [4.69, 9.17) is 9.15 Å². The summed E-state index contributed by atoms with van der Waals surface area (Å²) in [5.41, 5.74) is 0. The molecule has 2 fully saturated rings. The van der Waals surface area contributed by atoms with Gasteiger partial charge in [-0.1, -0.05) is 11.8 Å². The number of morpholine rings is 1. The standard InChI is InChI=1S/C19H27N5O5S2/c1-2-23(15-5-11-31(26,27)14-15)17(25)13-30-19-21-20-18(22-6-9-28-10-7-22)24(19)12-16-4-3-8-29-16/h3-4,8,15H,2,5-7,9-14H2,1H3. The zero-order valence-corrected chi connectivity index (χ0v) is 19.1. The van der Waals surface area contributed by atoms with Gasteiger partial charge in [0.05, 0.1) is 43.3 Å². The molecule has 12 heteroatoms. The lowest BCUT2D eigenvalue weighted by Crippen LogP contribution is -2.42. The average Bonchev–Trinajstić information content (AvgIpc) is 3.49. The molecule has 10 nitrogen and oxygen atoms in total. The topological polar surface area (TPSA) is 111 Å². The second-order valence-corrected chi connectivity index (χ2v) is 10.7. The Morgan fingerprint density at radius 3 is 2.77 bits per heavy atom. The molecule has 0 bridgehead atoms. The summed E-state index contributed by atoms with van der Waals surface area (Å²) in [6.45, 7) is 5.52. The second kappa shape index (κ2) is 9.61. The predicted molar refractivity (Wildman–Crippen MR) is 116 cm³/mol. The van der Waals surface area contributed by atoms with Crippen LogP contribution in [0.2, 0.25) is 0 Å². The van der Waals surface area contributed by atoms with Crippen molar-refractivity contribution in [2.24, 2.45) is 0 Å². The van der Waals surface area contributed by atoms with Crippen LogP contribution in [0, 0.1) is 0 Å². The number of sulfone groups is 1. The van der Waals surface area contributed by atoms with Crippen LogP contribution in [0.25, 0.3) is 0 Å². The average molecular weight is 470 g/mol. The Morgan fingerprint density at radius 1 is 1.32 bits per heavy atom. The van der Waals surface area contributed by atoms with Gasteiger partial charge >= 0.3 is 0 Å².